The standard InChI is InChI=1S/C18H15NO6/c1-2-24-17(21)18(11-12-7-9-13(10-8-12)19(22)23)16(20)14-5-3-4-6-15(14)25-18/h3-10H,2,11H2,1H3. The Kier molecular flexibility index (Phi) is 4.22. The molecule has 0 aliphatic carbocycles. The van der Waals surface area contributed by atoms with Crippen LogP contribution in [0.4, 0.5) is 5.69 Å². The number of esters is 1. The van der Waals surface area contributed by atoms with E-state index in [9.17, 15) is 19.7 Å². The molecule has 128 valence electrons. The highest BCUT2D eigenvalue weighted by Gasteiger charge is 2.55. The Morgan fingerprint density at radius 1 is 1.20 bits per heavy atom. The first-order chi connectivity index (χ1) is 12.0. The molecule has 1 heterocycles. The monoisotopic (exact) mass is 341 g/mol. The van der Waals surface area contributed by atoms with Crippen molar-refractivity contribution in [1.82, 2.24) is 0 Å². The van der Waals surface area contributed by atoms with E-state index in [0.29, 0.717) is 16.9 Å². The number of carbonyl (C=O) groups excluding carboxylic acids is 2. The van der Waals surface area contributed by atoms with Crippen LogP contribution in [0.15, 0.2) is 48.5 Å². The van der Waals surface area contributed by atoms with Crippen molar-refractivity contribution in [1.29, 1.82) is 0 Å². The molecule has 0 fully saturated rings. The summed E-state index contributed by atoms with van der Waals surface area (Å²) < 4.78 is 10.8. The lowest BCUT2D eigenvalue weighted by Crippen LogP contribution is -2.51. The van der Waals surface area contributed by atoms with Crippen molar-refractivity contribution in [2.75, 3.05) is 6.61 Å². The fraction of sp³-hybridized carbons (Fsp3) is 0.222. The number of nitro groups is 1. The van der Waals surface area contributed by atoms with Gasteiger partial charge in [0, 0.05) is 18.6 Å². The van der Waals surface area contributed by atoms with E-state index in [1.54, 1.807) is 31.2 Å². The highest BCUT2D eigenvalue weighted by molar-refractivity contribution is 6.19. The number of hydrogen-bond donors (Lipinski definition) is 0. The molecule has 0 saturated heterocycles. The van der Waals surface area contributed by atoms with Crippen LogP contribution in [0.5, 0.6) is 5.75 Å². The van der Waals surface area contributed by atoms with Gasteiger partial charge >= 0.3 is 5.97 Å². The quantitative estimate of drug-likeness (QED) is 0.359. The van der Waals surface area contributed by atoms with Crippen LogP contribution in [0.2, 0.25) is 0 Å². The predicted octanol–water partition coefficient (Wildman–Crippen LogP) is 2.71. The average Bonchev–Trinajstić information content (AvgIpc) is 2.89. The summed E-state index contributed by atoms with van der Waals surface area (Å²) in [6.07, 6.45) is -0.0721. The van der Waals surface area contributed by atoms with Crippen LogP contribution in [-0.2, 0) is 16.0 Å². The smallest absolute Gasteiger partial charge is 0.359 e. The number of benzene rings is 2. The topological polar surface area (TPSA) is 95.7 Å². The summed E-state index contributed by atoms with van der Waals surface area (Å²) >= 11 is 0. The van der Waals surface area contributed by atoms with Crippen LogP contribution in [0, 0.1) is 10.1 Å². The second-order valence-corrected chi connectivity index (χ2v) is 5.58. The summed E-state index contributed by atoms with van der Waals surface area (Å²) in [4.78, 5) is 35.7. The van der Waals surface area contributed by atoms with Gasteiger partial charge < -0.3 is 9.47 Å². The van der Waals surface area contributed by atoms with Gasteiger partial charge in [0.1, 0.15) is 5.75 Å². The van der Waals surface area contributed by atoms with Crippen molar-refractivity contribution in [3.63, 3.8) is 0 Å². The zero-order valence-electron chi connectivity index (χ0n) is 13.4. The van der Waals surface area contributed by atoms with Crippen LogP contribution in [-0.4, -0.2) is 28.9 Å². The molecule has 1 unspecified atom stereocenters. The van der Waals surface area contributed by atoms with Crippen molar-refractivity contribution >= 4 is 17.4 Å². The van der Waals surface area contributed by atoms with Gasteiger partial charge in [0.15, 0.2) is 0 Å². The van der Waals surface area contributed by atoms with Crippen LogP contribution in [0.1, 0.15) is 22.8 Å². The first-order valence-corrected chi connectivity index (χ1v) is 7.71. The summed E-state index contributed by atoms with van der Waals surface area (Å²) in [5.41, 5.74) is -1.01. The molecule has 0 bridgehead atoms. The van der Waals surface area contributed by atoms with Crippen molar-refractivity contribution in [3.05, 3.63) is 69.8 Å². The van der Waals surface area contributed by atoms with Crippen molar-refractivity contribution < 1.29 is 24.0 Å². The van der Waals surface area contributed by atoms with Gasteiger partial charge in [-0.2, -0.15) is 0 Å². The van der Waals surface area contributed by atoms with E-state index in [4.69, 9.17) is 9.47 Å². The molecule has 0 N–H and O–H groups in total. The molecule has 25 heavy (non-hydrogen) atoms. The molecule has 0 amide bonds. The van der Waals surface area contributed by atoms with Gasteiger partial charge in [-0.05, 0) is 24.6 Å². The lowest BCUT2D eigenvalue weighted by atomic mass is 9.88. The summed E-state index contributed by atoms with van der Waals surface area (Å²) in [7, 11) is 0. The molecule has 0 aromatic heterocycles. The number of nitro benzene ring substituents is 1. The first-order valence-electron chi connectivity index (χ1n) is 7.71. The fourth-order valence-corrected chi connectivity index (χ4v) is 2.79. The average molecular weight is 341 g/mol. The molecule has 0 spiro atoms. The fourth-order valence-electron chi connectivity index (χ4n) is 2.79. The van der Waals surface area contributed by atoms with E-state index in [2.05, 4.69) is 0 Å². The Bertz CT molecular complexity index is 845. The van der Waals surface area contributed by atoms with Gasteiger partial charge in [-0.1, -0.05) is 24.3 Å². The van der Waals surface area contributed by atoms with E-state index in [0.717, 1.165) is 0 Å². The maximum absolute atomic E-state index is 12.9. The van der Waals surface area contributed by atoms with Crippen LogP contribution >= 0.6 is 0 Å². The van der Waals surface area contributed by atoms with E-state index < -0.39 is 22.3 Å². The summed E-state index contributed by atoms with van der Waals surface area (Å²) in [5, 5.41) is 10.8. The number of hydrogen-bond acceptors (Lipinski definition) is 6. The minimum absolute atomic E-state index is 0.0721. The third kappa shape index (κ3) is 2.84. The number of ketones is 1. The molecule has 1 atom stereocenters. The minimum atomic E-state index is -1.81. The molecular formula is C18H15NO6. The highest BCUT2D eigenvalue weighted by atomic mass is 16.6. The summed E-state index contributed by atoms with van der Waals surface area (Å²) in [5.74, 6) is -0.920. The maximum atomic E-state index is 12.9. The molecular weight excluding hydrogens is 326 g/mol. The van der Waals surface area contributed by atoms with E-state index in [-0.39, 0.29) is 18.7 Å². The number of nitrogens with zero attached hydrogens (tertiary/aromatic N) is 1. The minimum Gasteiger partial charge on any atom is -0.466 e. The summed E-state index contributed by atoms with van der Waals surface area (Å²) in [6.45, 7) is 1.75. The summed E-state index contributed by atoms with van der Waals surface area (Å²) in [6, 6.07) is 12.2. The van der Waals surface area contributed by atoms with Gasteiger partial charge in [0.25, 0.3) is 11.3 Å². The SMILES string of the molecule is CCOC(=O)C1(Cc2ccc([N+](=O)[O-])cc2)Oc2ccccc2C1=O. The molecule has 7 nitrogen and oxygen atoms in total. The Hall–Kier alpha value is -3.22. The molecule has 0 saturated carbocycles. The number of para-hydroxylation sites is 1. The van der Waals surface area contributed by atoms with Gasteiger partial charge in [0.05, 0.1) is 17.1 Å². The van der Waals surface area contributed by atoms with Crippen molar-refractivity contribution in [3.8, 4) is 5.75 Å². The highest BCUT2D eigenvalue weighted by Crippen LogP contribution is 2.38. The van der Waals surface area contributed by atoms with Crippen LogP contribution < -0.4 is 4.74 Å². The Morgan fingerprint density at radius 3 is 2.48 bits per heavy atom. The molecule has 0 radical (unpaired) electrons. The Balaban J connectivity index is 1.98. The second kappa shape index (κ2) is 6.35. The van der Waals surface area contributed by atoms with E-state index >= 15 is 0 Å². The van der Waals surface area contributed by atoms with Crippen LogP contribution in [0.3, 0.4) is 0 Å². The first kappa shape index (κ1) is 16.6. The number of rotatable bonds is 5. The van der Waals surface area contributed by atoms with Gasteiger partial charge in [0.2, 0.25) is 5.78 Å². The zero-order valence-corrected chi connectivity index (χ0v) is 13.4. The maximum Gasteiger partial charge on any atom is 0.359 e. The molecule has 1 aliphatic heterocycles. The van der Waals surface area contributed by atoms with E-state index in [1.807, 2.05) is 0 Å². The normalized spacial score (nSPS) is 18.4. The lowest BCUT2D eigenvalue weighted by Gasteiger charge is -2.25. The second-order valence-electron chi connectivity index (χ2n) is 5.58. The third-order valence-corrected chi connectivity index (χ3v) is 3.99. The molecule has 7 heteroatoms. The van der Waals surface area contributed by atoms with E-state index in [1.165, 1.54) is 24.3 Å². The lowest BCUT2D eigenvalue weighted by molar-refractivity contribution is -0.384. The number of fused-ring (bicyclic) bond motifs is 1. The van der Waals surface area contributed by atoms with Gasteiger partial charge in [-0.25, -0.2) is 4.79 Å². The number of non-ortho nitro benzene ring substituents is 1. The zero-order chi connectivity index (χ0) is 18.0. The third-order valence-electron chi connectivity index (χ3n) is 3.99. The van der Waals surface area contributed by atoms with Crippen LogP contribution in [0.25, 0.3) is 0 Å². The van der Waals surface area contributed by atoms with Crippen molar-refractivity contribution in [2.24, 2.45) is 0 Å². The molecule has 1 aliphatic rings. The van der Waals surface area contributed by atoms with Gasteiger partial charge in [-0.15, -0.1) is 0 Å². The van der Waals surface area contributed by atoms with Crippen molar-refractivity contribution in [2.45, 2.75) is 18.9 Å². The van der Waals surface area contributed by atoms with Gasteiger partial charge in [-0.3, -0.25) is 14.9 Å². The molecule has 3 rings (SSSR count). The number of Topliss-reactive ketones (excluding diaryl/α,β-unsaturated/α-hetero) is 1. The molecule has 2 aromatic carbocycles. The largest absolute Gasteiger partial charge is 0.466 e. The Morgan fingerprint density at radius 2 is 1.88 bits per heavy atom. The predicted molar refractivity (Wildman–Crippen MR) is 87.6 cm³/mol. The number of ether oxygens (including phenoxy) is 2. The Labute approximate surface area is 143 Å². The molecule has 2 aromatic rings. The number of carbonyl (C=O) groups is 2.